The Kier molecular flexibility index (Phi) is 4.29. The zero-order chi connectivity index (χ0) is 15.8. The summed E-state index contributed by atoms with van der Waals surface area (Å²) >= 11 is 0. The fourth-order valence-electron chi connectivity index (χ4n) is 2.22. The van der Waals surface area contributed by atoms with Gasteiger partial charge in [0.2, 0.25) is 5.91 Å². The molecule has 0 bridgehead atoms. The van der Waals surface area contributed by atoms with Crippen LogP contribution < -0.4 is 5.32 Å². The number of sulfone groups is 1. The van der Waals surface area contributed by atoms with Crippen molar-refractivity contribution >= 4 is 15.7 Å². The summed E-state index contributed by atoms with van der Waals surface area (Å²) in [5.41, 5.74) is 0.0138. The summed E-state index contributed by atoms with van der Waals surface area (Å²) in [6.45, 7) is 1.40. The zero-order valence-electron chi connectivity index (χ0n) is 11.3. The maximum Gasteiger partial charge on any atom is 0.224 e. The van der Waals surface area contributed by atoms with Gasteiger partial charge in [-0.3, -0.25) is 4.79 Å². The minimum atomic E-state index is -3.38. The summed E-state index contributed by atoms with van der Waals surface area (Å²) in [5.74, 6) is -2.76. The van der Waals surface area contributed by atoms with Gasteiger partial charge in [-0.2, -0.15) is 0 Å². The SMILES string of the molecule is Cc1cc(F)c(CC(=O)N[C@@H]2CS(=O)(=O)C[C@H]2O)cc1F. The number of carbonyl (C=O) groups excluding carboxylic acids is 1. The number of hydrogen-bond acceptors (Lipinski definition) is 4. The molecule has 1 aliphatic heterocycles. The smallest absolute Gasteiger partial charge is 0.224 e. The molecular formula is C13H15F2NO4S. The van der Waals surface area contributed by atoms with Gasteiger partial charge >= 0.3 is 0 Å². The van der Waals surface area contributed by atoms with Crippen molar-refractivity contribution in [3.63, 3.8) is 0 Å². The molecule has 1 fully saturated rings. The van der Waals surface area contributed by atoms with E-state index < -0.39 is 51.7 Å². The second-order valence-electron chi connectivity index (χ2n) is 5.19. The predicted octanol–water partition coefficient (Wildman–Crippen LogP) is 0.0898. The Bertz CT molecular complexity index is 675. The van der Waals surface area contributed by atoms with Crippen LogP contribution in [0.25, 0.3) is 0 Å². The van der Waals surface area contributed by atoms with Crippen molar-refractivity contribution in [2.24, 2.45) is 0 Å². The Morgan fingerprint density at radius 2 is 2.00 bits per heavy atom. The number of hydrogen-bond donors (Lipinski definition) is 2. The van der Waals surface area contributed by atoms with Gasteiger partial charge in [0.25, 0.3) is 0 Å². The number of carbonyl (C=O) groups is 1. The minimum absolute atomic E-state index is 0.119. The number of benzene rings is 1. The van der Waals surface area contributed by atoms with Crippen LogP contribution in [0.5, 0.6) is 0 Å². The van der Waals surface area contributed by atoms with E-state index in [1.54, 1.807) is 0 Å². The van der Waals surface area contributed by atoms with Crippen molar-refractivity contribution in [1.82, 2.24) is 5.32 Å². The molecule has 2 N–H and O–H groups in total. The first-order valence-corrected chi connectivity index (χ1v) is 8.12. The van der Waals surface area contributed by atoms with Crippen molar-refractivity contribution in [3.05, 3.63) is 34.9 Å². The largest absolute Gasteiger partial charge is 0.390 e. The Labute approximate surface area is 120 Å². The molecule has 8 heteroatoms. The normalized spacial score (nSPS) is 24.0. The van der Waals surface area contributed by atoms with Crippen molar-refractivity contribution in [1.29, 1.82) is 0 Å². The fraction of sp³-hybridized carbons (Fsp3) is 0.462. The average Bonchev–Trinajstić information content (AvgIpc) is 2.59. The quantitative estimate of drug-likeness (QED) is 0.827. The van der Waals surface area contributed by atoms with Crippen molar-refractivity contribution in [2.75, 3.05) is 11.5 Å². The highest BCUT2D eigenvalue weighted by molar-refractivity contribution is 7.91. The third-order valence-corrected chi connectivity index (χ3v) is 5.06. The number of nitrogens with one attached hydrogen (secondary N) is 1. The lowest BCUT2D eigenvalue weighted by atomic mass is 10.1. The van der Waals surface area contributed by atoms with Gasteiger partial charge in [0.1, 0.15) is 11.6 Å². The second kappa shape index (κ2) is 5.69. The number of rotatable bonds is 3. The van der Waals surface area contributed by atoms with E-state index in [1.165, 1.54) is 6.92 Å². The molecule has 1 heterocycles. The number of aliphatic hydroxyl groups excluding tert-OH is 1. The van der Waals surface area contributed by atoms with E-state index in [0.717, 1.165) is 12.1 Å². The predicted molar refractivity (Wildman–Crippen MR) is 71.4 cm³/mol. The molecule has 21 heavy (non-hydrogen) atoms. The van der Waals surface area contributed by atoms with Crippen LogP contribution in [0, 0.1) is 18.6 Å². The van der Waals surface area contributed by atoms with Gasteiger partial charge in [-0.15, -0.1) is 0 Å². The number of aryl methyl sites for hydroxylation is 1. The Morgan fingerprint density at radius 3 is 2.57 bits per heavy atom. The van der Waals surface area contributed by atoms with E-state index in [0.29, 0.717) is 0 Å². The molecule has 0 radical (unpaired) electrons. The lowest BCUT2D eigenvalue weighted by Crippen LogP contribution is -2.43. The molecule has 0 unspecified atom stereocenters. The molecule has 0 aromatic heterocycles. The minimum Gasteiger partial charge on any atom is -0.390 e. The van der Waals surface area contributed by atoms with Gasteiger partial charge in [-0.25, -0.2) is 17.2 Å². The molecule has 1 amide bonds. The van der Waals surface area contributed by atoms with Gasteiger partial charge in [0.15, 0.2) is 9.84 Å². The van der Waals surface area contributed by atoms with Crippen molar-refractivity contribution in [3.8, 4) is 0 Å². The van der Waals surface area contributed by atoms with E-state index in [-0.39, 0.29) is 16.9 Å². The number of halogens is 2. The lowest BCUT2D eigenvalue weighted by Gasteiger charge is -2.15. The maximum absolute atomic E-state index is 13.6. The van der Waals surface area contributed by atoms with E-state index in [2.05, 4.69) is 5.32 Å². The molecule has 5 nitrogen and oxygen atoms in total. The average molecular weight is 319 g/mol. The second-order valence-corrected chi connectivity index (χ2v) is 7.34. The third-order valence-electron chi connectivity index (χ3n) is 3.35. The molecule has 116 valence electrons. The summed E-state index contributed by atoms with van der Waals surface area (Å²) in [6, 6.07) is 1.01. The van der Waals surface area contributed by atoms with Crippen LogP contribution in [-0.4, -0.2) is 43.1 Å². The zero-order valence-corrected chi connectivity index (χ0v) is 12.1. The first-order valence-electron chi connectivity index (χ1n) is 6.30. The fourth-order valence-corrected chi connectivity index (χ4v) is 3.96. The molecule has 1 aliphatic rings. The summed E-state index contributed by atoms with van der Waals surface area (Å²) in [4.78, 5) is 11.8. The first-order chi connectivity index (χ1) is 9.68. The highest BCUT2D eigenvalue weighted by Gasteiger charge is 2.37. The topological polar surface area (TPSA) is 83.5 Å². The maximum atomic E-state index is 13.6. The van der Waals surface area contributed by atoms with E-state index in [9.17, 15) is 27.1 Å². The Balaban J connectivity index is 2.04. The van der Waals surface area contributed by atoms with Crippen LogP contribution in [0.2, 0.25) is 0 Å². The van der Waals surface area contributed by atoms with Crippen LogP contribution in [-0.2, 0) is 21.1 Å². The van der Waals surface area contributed by atoms with Gasteiger partial charge in [0.05, 0.1) is 30.1 Å². The van der Waals surface area contributed by atoms with E-state index in [1.807, 2.05) is 0 Å². The molecule has 1 aromatic carbocycles. The van der Waals surface area contributed by atoms with Gasteiger partial charge in [0, 0.05) is 5.56 Å². The molecule has 2 rings (SSSR count). The molecule has 1 aromatic rings. The summed E-state index contributed by atoms with van der Waals surface area (Å²) in [5, 5.41) is 11.9. The van der Waals surface area contributed by atoms with Crippen molar-refractivity contribution in [2.45, 2.75) is 25.5 Å². The Hall–Kier alpha value is -1.54. The van der Waals surface area contributed by atoms with Gasteiger partial charge in [-0.05, 0) is 24.6 Å². The molecule has 0 spiro atoms. The van der Waals surface area contributed by atoms with Gasteiger partial charge in [-0.1, -0.05) is 0 Å². The molecular weight excluding hydrogens is 304 g/mol. The van der Waals surface area contributed by atoms with E-state index in [4.69, 9.17) is 0 Å². The van der Waals surface area contributed by atoms with Crippen LogP contribution in [0.15, 0.2) is 12.1 Å². The first kappa shape index (κ1) is 15.8. The monoisotopic (exact) mass is 319 g/mol. The standard InChI is InChI=1S/C13H15F2NO4S/c1-7-2-10(15)8(3-9(7)14)4-13(18)16-11-5-21(19,20)6-12(11)17/h2-3,11-12,17H,4-6H2,1H3,(H,16,18)/t11-,12-/m1/s1. The van der Waals surface area contributed by atoms with Crippen molar-refractivity contribution < 1.29 is 27.1 Å². The molecule has 2 atom stereocenters. The molecule has 0 saturated carbocycles. The highest BCUT2D eigenvalue weighted by Crippen LogP contribution is 2.16. The van der Waals surface area contributed by atoms with E-state index >= 15 is 0 Å². The summed E-state index contributed by atoms with van der Waals surface area (Å²) in [6.07, 6.45) is -1.61. The number of aliphatic hydroxyl groups is 1. The molecule has 0 aliphatic carbocycles. The van der Waals surface area contributed by atoms with Crippen LogP contribution in [0.3, 0.4) is 0 Å². The molecule has 1 saturated heterocycles. The van der Waals surface area contributed by atoms with Gasteiger partial charge < -0.3 is 10.4 Å². The number of amides is 1. The van der Waals surface area contributed by atoms with Crippen LogP contribution >= 0.6 is 0 Å². The third kappa shape index (κ3) is 3.76. The summed E-state index contributed by atoms with van der Waals surface area (Å²) in [7, 11) is -3.38. The summed E-state index contributed by atoms with van der Waals surface area (Å²) < 4.78 is 49.6. The van der Waals surface area contributed by atoms with Crippen LogP contribution in [0.4, 0.5) is 8.78 Å². The van der Waals surface area contributed by atoms with Crippen LogP contribution in [0.1, 0.15) is 11.1 Å². The highest BCUT2D eigenvalue weighted by atomic mass is 32.2. The lowest BCUT2D eigenvalue weighted by molar-refractivity contribution is -0.121. The Morgan fingerprint density at radius 1 is 1.33 bits per heavy atom.